The van der Waals surface area contributed by atoms with E-state index in [9.17, 15) is 8.42 Å². The lowest BCUT2D eigenvalue weighted by molar-refractivity contribution is 0.471. The molecule has 7 nitrogen and oxygen atoms in total. The number of hydrogen-bond acceptors (Lipinski definition) is 5. The Morgan fingerprint density at radius 1 is 0.962 bits per heavy atom. The number of aryl methyl sites for hydroxylation is 2. The van der Waals surface area contributed by atoms with E-state index in [1.807, 2.05) is 0 Å². The zero-order valence-electron chi connectivity index (χ0n) is 14.7. The molecule has 8 heteroatoms. The highest BCUT2D eigenvalue weighted by Crippen LogP contribution is 2.39. The Kier molecular flexibility index (Phi) is 3.79. The van der Waals surface area contributed by atoms with Gasteiger partial charge in [0, 0.05) is 18.8 Å². The van der Waals surface area contributed by atoms with Crippen molar-refractivity contribution < 1.29 is 8.42 Å². The van der Waals surface area contributed by atoms with Gasteiger partial charge in [-0.3, -0.25) is 0 Å². The lowest BCUT2D eigenvalue weighted by Gasteiger charge is -2.15. The average molecular weight is 373 g/mol. The monoisotopic (exact) mass is 373 g/mol. The van der Waals surface area contributed by atoms with Crippen molar-refractivity contribution in [3.63, 3.8) is 0 Å². The summed E-state index contributed by atoms with van der Waals surface area (Å²) in [4.78, 5) is 4.27. The van der Waals surface area contributed by atoms with Crippen LogP contribution in [0.4, 0.5) is 11.6 Å². The fourth-order valence-corrected chi connectivity index (χ4v) is 5.89. The van der Waals surface area contributed by atoms with Crippen LogP contribution < -0.4 is 5.32 Å². The molecule has 0 radical (unpaired) electrons. The normalized spacial score (nSPS) is 19.7. The maximum Gasteiger partial charge on any atom is 0.278 e. The molecular weight excluding hydrogens is 350 g/mol. The number of H-pyrrole nitrogens is 1. The van der Waals surface area contributed by atoms with Crippen LogP contribution in [0, 0.1) is 0 Å². The second-order valence-corrected chi connectivity index (χ2v) is 9.29. The fourth-order valence-electron chi connectivity index (χ4n) is 4.55. The Bertz CT molecular complexity index is 928. The van der Waals surface area contributed by atoms with Crippen LogP contribution in [0.25, 0.3) is 0 Å². The van der Waals surface area contributed by atoms with E-state index >= 15 is 0 Å². The molecule has 2 aliphatic carbocycles. The standard InChI is InChI=1S/C18H23N5O2S/c24-26(25,23-9-1-2-10-23)18-20-17(21-22-18)19-16-14-7-3-5-12(14)11-13-6-4-8-15(13)16/h11H,1-10H2,(H2,19,20,21,22). The second kappa shape index (κ2) is 6.06. The lowest BCUT2D eigenvalue weighted by Crippen LogP contribution is -2.28. The summed E-state index contributed by atoms with van der Waals surface area (Å²) in [5.41, 5.74) is 6.69. The molecular formula is C18H23N5O2S. The molecule has 1 aromatic carbocycles. The van der Waals surface area contributed by atoms with Crippen LogP contribution in [0.5, 0.6) is 0 Å². The number of aromatic nitrogens is 3. The number of benzene rings is 1. The number of nitrogens with one attached hydrogen (secondary N) is 2. The first-order chi connectivity index (χ1) is 12.6. The van der Waals surface area contributed by atoms with Crippen LogP contribution >= 0.6 is 0 Å². The van der Waals surface area contributed by atoms with Gasteiger partial charge in [-0.15, -0.1) is 5.10 Å². The second-order valence-electron chi connectivity index (χ2n) is 7.43. The molecule has 2 aromatic rings. The van der Waals surface area contributed by atoms with Crippen molar-refractivity contribution in [1.29, 1.82) is 0 Å². The smallest absolute Gasteiger partial charge is 0.278 e. The molecule has 0 saturated carbocycles. The van der Waals surface area contributed by atoms with E-state index in [0.717, 1.165) is 44.2 Å². The lowest BCUT2D eigenvalue weighted by atomic mass is 9.99. The maximum atomic E-state index is 12.6. The van der Waals surface area contributed by atoms with Crippen LogP contribution in [-0.4, -0.2) is 41.0 Å². The molecule has 26 heavy (non-hydrogen) atoms. The highest BCUT2D eigenvalue weighted by Gasteiger charge is 2.31. The molecule has 1 aliphatic heterocycles. The quantitative estimate of drug-likeness (QED) is 0.858. The molecule has 1 saturated heterocycles. The first-order valence-electron chi connectivity index (χ1n) is 9.49. The average Bonchev–Trinajstić information content (AvgIpc) is 3.40. The van der Waals surface area contributed by atoms with E-state index in [1.54, 1.807) is 0 Å². The van der Waals surface area contributed by atoms with Gasteiger partial charge in [-0.2, -0.15) is 9.29 Å². The van der Waals surface area contributed by atoms with Crippen molar-refractivity contribution >= 4 is 21.7 Å². The number of fused-ring (bicyclic) bond motifs is 2. The van der Waals surface area contributed by atoms with Gasteiger partial charge in [0.2, 0.25) is 5.95 Å². The predicted molar refractivity (Wildman–Crippen MR) is 98.2 cm³/mol. The molecule has 5 rings (SSSR count). The molecule has 0 spiro atoms. The first kappa shape index (κ1) is 16.3. The Labute approximate surface area is 153 Å². The van der Waals surface area contributed by atoms with Gasteiger partial charge in [-0.25, -0.2) is 13.5 Å². The summed E-state index contributed by atoms with van der Waals surface area (Å²) < 4.78 is 26.8. The van der Waals surface area contributed by atoms with Crippen LogP contribution in [0.1, 0.15) is 47.9 Å². The van der Waals surface area contributed by atoms with Crippen LogP contribution in [0.2, 0.25) is 0 Å². The molecule has 1 aromatic heterocycles. The zero-order valence-corrected chi connectivity index (χ0v) is 15.5. The number of nitrogens with zero attached hydrogens (tertiary/aromatic N) is 3. The van der Waals surface area contributed by atoms with Gasteiger partial charge < -0.3 is 5.32 Å². The van der Waals surface area contributed by atoms with Crippen molar-refractivity contribution in [2.75, 3.05) is 18.4 Å². The molecule has 0 bridgehead atoms. The van der Waals surface area contributed by atoms with Gasteiger partial charge in [0.05, 0.1) is 0 Å². The van der Waals surface area contributed by atoms with Crippen LogP contribution in [0.15, 0.2) is 11.2 Å². The Balaban J connectivity index is 1.48. The first-order valence-corrected chi connectivity index (χ1v) is 10.9. The number of aromatic amines is 1. The van der Waals surface area contributed by atoms with E-state index < -0.39 is 10.0 Å². The SMILES string of the molecule is O=S(=O)(c1nc(Nc2c3c(cc4c2CCC4)CCC3)n[nH]1)N1CCCC1. The largest absolute Gasteiger partial charge is 0.322 e. The van der Waals surface area contributed by atoms with E-state index in [4.69, 9.17) is 0 Å². The molecule has 3 aliphatic rings. The van der Waals surface area contributed by atoms with Gasteiger partial charge in [-0.05, 0) is 73.6 Å². The number of rotatable bonds is 4. The maximum absolute atomic E-state index is 12.6. The van der Waals surface area contributed by atoms with E-state index in [1.165, 1.54) is 39.4 Å². The van der Waals surface area contributed by atoms with Crippen molar-refractivity contribution in [2.24, 2.45) is 0 Å². The van der Waals surface area contributed by atoms with Gasteiger partial charge in [0.1, 0.15) is 0 Å². The Morgan fingerprint density at radius 2 is 1.62 bits per heavy atom. The van der Waals surface area contributed by atoms with Gasteiger partial charge in [0.15, 0.2) is 0 Å². The van der Waals surface area contributed by atoms with E-state index in [2.05, 4.69) is 26.6 Å². The highest BCUT2D eigenvalue weighted by atomic mass is 32.2. The van der Waals surface area contributed by atoms with Crippen LogP contribution in [-0.2, 0) is 35.7 Å². The van der Waals surface area contributed by atoms with E-state index in [-0.39, 0.29) is 5.16 Å². The van der Waals surface area contributed by atoms with Crippen molar-refractivity contribution in [2.45, 2.75) is 56.5 Å². The third-order valence-corrected chi connectivity index (χ3v) is 7.54. The number of anilines is 2. The van der Waals surface area contributed by atoms with E-state index in [0.29, 0.717) is 19.0 Å². The summed E-state index contributed by atoms with van der Waals surface area (Å²) in [6.45, 7) is 1.12. The molecule has 0 unspecified atom stereocenters. The number of hydrogen-bond donors (Lipinski definition) is 2. The van der Waals surface area contributed by atoms with Gasteiger partial charge in [-0.1, -0.05) is 6.07 Å². The number of sulfonamides is 1. The summed E-state index contributed by atoms with van der Waals surface area (Å²) in [6.07, 6.45) is 8.54. The zero-order chi connectivity index (χ0) is 17.7. The minimum atomic E-state index is -3.57. The molecule has 0 amide bonds. The molecule has 2 N–H and O–H groups in total. The van der Waals surface area contributed by atoms with Gasteiger partial charge >= 0.3 is 0 Å². The third-order valence-electron chi connectivity index (χ3n) is 5.82. The topological polar surface area (TPSA) is 91.0 Å². The predicted octanol–water partition coefficient (Wildman–Crippen LogP) is 2.31. The summed E-state index contributed by atoms with van der Waals surface area (Å²) >= 11 is 0. The molecule has 0 atom stereocenters. The summed E-state index contributed by atoms with van der Waals surface area (Å²) in [6, 6.07) is 2.37. The molecule has 138 valence electrons. The van der Waals surface area contributed by atoms with Crippen molar-refractivity contribution in [1.82, 2.24) is 19.5 Å². The summed E-state index contributed by atoms with van der Waals surface area (Å²) in [5.74, 6) is 0.345. The molecule has 2 heterocycles. The minimum absolute atomic E-state index is 0.0638. The fraction of sp³-hybridized carbons (Fsp3) is 0.556. The van der Waals surface area contributed by atoms with Crippen molar-refractivity contribution in [3.8, 4) is 0 Å². The van der Waals surface area contributed by atoms with Crippen LogP contribution in [0.3, 0.4) is 0 Å². The van der Waals surface area contributed by atoms with Crippen molar-refractivity contribution in [3.05, 3.63) is 28.3 Å². The highest BCUT2D eigenvalue weighted by molar-refractivity contribution is 7.89. The Morgan fingerprint density at radius 3 is 2.27 bits per heavy atom. The summed E-state index contributed by atoms with van der Waals surface area (Å²) in [7, 11) is -3.57. The summed E-state index contributed by atoms with van der Waals surface area (Å²) in [5, 5.41) is 10.1. The minimum Gasteiger partial charge on any atom is -0.322 e. The Hall–Kier alpha value is -1.93. The van der Waals surface area contributed by atoms with Gasteiger partial charge in [0.25, 0.3) is 15.2 Å². The molecule has 1 fully saturated rings. The third kappa shape index (κ3) is 2.54.